The second-order valence-electron chi connectivity index (χ2n) is 4.27. The Balaban J connectivity index is 2.23. The van der Waals surface area contributed by atoms with Crippen LogP contribution in [0.2, 0.25) is 0 Å². The molecular weight excluding hydrogens is 216 g/mol. The van der Waals surface area contributed by atoms with Crippen LogP contribution in [0, 0.1) is 0 Å². The van der Waals surface area contributed by atoms with E-state index < -0.39 is 0 Å². The van der Waals surface area contributed by atoms with Crippen molar-refractivity contribution in [2.75, 3.05) is 14.1 Å². The van der Waals surface area contributed by atoms with Crippen LogP contribution >= 0.6 is 0 Å². The minimum absolute atomic E-state index is 0.0196. The molecule has 1 aromatic carbocycles. The van der Waals surface area contributed by atoms with E-state index in [1.165, 1.54) is 0 Å². The molecule has 5 heteroatoms. The molecule has 0 saturated carbocycles. The van der Waals surface area contributed by atoms with Crippen LogP contribution in [0.5, 0.6) is 0 Å². The summed E-state index contributed by atoms with van der Waals surface area (Å²) in [5.74, 6) is -0.209. The SMILES string of the molecule is CC(C(=O)NN(C)C)c1ccc2nc[nH]c2c1. The Morgan fingerprint density at radius 1 is 1.47 bits per heavy atom. The van der Waals surface area contributed by atoms with Crippen LogP contribution in [-0.2, 0) is 4.79 Å². The van der Waals surface area contributed by atoms with Gasteiger partial charge in [-0.15, -0.1) is 0 Å². The van der Waals surface area contributed by atoms with E-state index in [2.05, 4.69) is 15.4 Å². The van der Waals surface area contributed by atoms with Crippen LogP contribution in [0.15, 0.2) is 24.5 Å². The van der Waals surface area contributed by atoms with Crippen molar-refractivity contribution in [3.8, 4) is 0 Å². The van der Waals surface area contributed by atoms with Gasteiger partial charge in [-0.3, -0.25) is 10.2 Å². The quantitative estimate of drug-likeness (QED) is 0.783. The first-order valence-corrected chi connectivity index (χ1v) is 5.49. The summed E-state index contributed by atoms with van der Waals surface area (Å²) in [6.07, 6.45) is 1.65. The van der Waals surface area contributed by atoms with Crippen LogP contribution in [0.25, 0.3) is 11.0 Å². The Morgan fingerprint density at radius 2 is 2.24 bits per heavy atom. The highest BCUT2D eigenvalue weighted by Crippen LogP contribution is 2.19. The minimum Gasteiger partial charge on any atom is -0.345 e. The van der Waals surface area contributed by atoms with Crippen LogP contribution < -0.4 is 5.43 Å². The Kier molecular flexibility index (Phi) is 3.10. The van der Waals surface area contributed by atoms with E-state index >= 15 is 0 Å². The molecule has 2 aromatic rings. The lowest BCUT2D eigenvalue weighted by molar-refractivity contribution is -0.125. The molecule has 0 aliphatic heterocycles. The number of aromatic amines is 1. The van der Waals surface area contributed by atoms with E-state index in [9.17, 15) is 4.79 Å². The predicted molar refractivity (Wildman–Crippen MR) is 66.3 cm³/mol. The Morgan fingerprint density at radius 3 is 2.94 bits per heavy atom. The Hall–Kier alpha value is -1.88. The number of benzene rings is 1. The number of fused-ring (bicyclic) bond motifs is 1. The number of carbonyl (C=O) groups is 1. The summed E-state index contributed by atoms with van der Waals surface area (Å²) in [5.41, 5.74) is 5.59. The number of aromatic nitrogens is 2. The van der Waals surface area contributed by atoms with E-state index in [0.29, 0.717) is 0 Å². The maximum absolute atomic E-state index is 11.8. The smallest absolute Gasteiger partial charge is 0.241 e. The van der Waals surface area contributed by atoms with Crippen molar-refractivity contribution < 1.29 is 4.79 Å². The monoisotopic (exact) mass is 232 g/mol. The Bertz CT molecular complexity index is 532. The molecule has 0 aliphatic rings. The zero-order valence-corrected chi connectivity index (χ0v) is 10.2. The molecule has 0 aliphatic carbocycles. The average Bonchev–Trinajstić information content (AvgIpc) is 2.73. The highest BCUT2D eigenvalue weighted by Gasteiger charge is 2.16. The van der Waals surface area contributed by atoms with Gasteiger partial charge in [-0.25, -0.2) is 9.99 Å². The van der Waals surface area contributed by atoms with E-state index in [4.69, 9.17) is 0 Å². The van der Waals surface area contributed by atoms with E-state index in [0.717, 1.165) is 16.6 Å². The Labute approximate surface area is 99.8 Å². The maximum Gasteiger partial charge on any atom is 0.241 e. The largest absolute Gasteiger partial charge is 0.345 e. The van der Waals surface area contributed by atoms with Gasteiger partial charge in [0, 0.05) is 14.1 Å². The molecule has 17 heavy (non-hydrogen) atoms. The summed E-state index contributed by atoms with van der Waals surface area (Å²) < 4.78 is 0. The highest BCUT2D eigenvalue weighted by atomic mass is 16.2. The lowest BCUT2D eigenvalue weighted by atomic mass is 10.0. The topological polar surface area (TPSA) is 61.0 Å². The second-order valence-corrected chi connectivity index (χ2v) is 4.27. The maximum atomic E-state index is 11.8. The first kappa shape index (κ1) is 11.6. The number of imidazole rings is 1. The first-order valence-electron chi connectivity index (χ1n) is 5.49. The van der Waals surface area contributed by atoms with E-state index in [-0.39, 0.29) is 11.8 Å². The third-order valence-electron chi connectivity index (χ3n) is 2.67. The summed E-state index contributed by atoms with van der Waals surface area (Å²) in [6.45, 7) is 1.89. The summed E-state index contributed by atoms with van der Waals surface area (Å²) in [5, 5.41) is 1.65. The van der Waals surface area contributed by atoms with Crippen LogP contribution in [0.4, 0.5) is 0 Å². The standard InChI is InChI=1S/C12H16N4O/c1-8(12(17)15-16(2)3)9-4-5-10-11(6-9)14-7-13-10/h4-8H,1-3H3,(H,13,14)(H,15,17). The van der Waals surface area contributed by atoms with Gasteiger partial charge in [0.2, 0.25) is 5.91 Å². The van der Waals surface area contributed by atoms with Gasteiger partial charge >= 0.3 is 0 Å². The van der Waals surface area contributed by atoms with Gasteiger partial charge in [0.05, 0.1) is 23.3 Å². The molecule has 1 atom stereocenters. The van der Waals surface area contributed by atoms with E-state index in [1.807, 2.05) is 25.1 Å². The molecule has 0 fully saturated rings. The normalized spacial score (nSPS) is 12.9. The van der Waals surface area contributed by atoms with Crippen molar-refractivity contribution in [3.63, 3.8) is 0 Å². The molecule has 1 aromatic heterocycles. The lowest BCUT2D eigenvalue weighted by Gasteiger charge is -2.16. The van der Waals surface area contributed by atoms with Crippen molar-refractivity contribution in [1.82, 2.24) is 20.4 Å². The number of hydrogen-bond donors (Lipinski definition) is 2. The number of amides is 1. The third-order valence-corrected chi connectivity index (χ3v) is 2.67. The van der Waals surface area contributed by atoms with Crippen LogP contribution in [0.3, 0.4) is 0 Å². The lowest BCUT2D eigenvalue weighted by Crippen LogP contribution is -2.38. The summed E-state index contributed by atoms with van der Waals surface area (Å²) in [6, 6.07) is 5.81. The number of hydrogen-bond acceptors (Lipinski definition) is 3. The fourth-order valence-electron chi connectivity index (χ4n) is 1.69. The molecule has 90 valence electrons. The molecule has 5 nitrogen and oxygen atoms in total. The zero-order valence-electron chi connectivity index (χ0n) is 10.2. The number of hydrazine groups is 1. The van der Waals surface area contributed by atoms with Gasteiger partial charge in [-0.1, -0.05) is 6.07 Å². The van der Waals surface area contributed by atoms with E-state index in [1.54, 1.807) is 25.4 Å². The van der Waals surface area contributed by atoms with Crippen molar-refractivity contribution in [2.24, 2.45) is 0 Å². The molecule has 2 N–H and O–H groups in total. The van der Waals surface area contributed by atoms with Gasteiger partial charge < -0.3 is 4.98 Å². The average molecular weight is 232 g/mol. The predicted octanol–water partition coefficient (Wildman–Crippen LogP) is 1.26. The van der Waals surface area contributed by atoms with Crippen molar-refractivity contribution in [2.45, 2.75) is 12.8 Å². The molecule has 1 unspecified atom stereocenters. The van der Waals surface area contributed by atoms with Crippen molar-refractivity contribution in [3.05, 3.63) is 30.1 Å². The number of rotatable bonds is 3. The minimum atomic E-state index is -0.190. The molecule has 0 bridgehead atoms. The molecule has 1 heterocycles. The third kappa shape index (κ3) is 2.45. The van der Waals surface area contributed by atoms with Crippen LogP contribution in [-0.4, -0.2) is 35.0 Å². The number of nitrogens with zero attached hydrogens (tertiary/aromatic N) is 2. The zero-order chi connectivity index (χ0) is 12.4. The first-order chi connectivity index (χ1) is 8.08. The fraction of sp³-hybridized carbons (Fsp3) is 0.333. The molecular formula is C12H16N4O. The molecule has 2 rings (SSSR count). The van der Waals surface area contributed by atoms with Crippen molar-refractivity contribution in [1.29, 1.82) is 0 Å². The van der Waals surface area contributed by atoms with Gasteiger partial charge in [0.15, 0.2) is 0 Å². The van der Waals surface area contributed by atoms with Gasteiger partial charge in [0.1, 0.15) is 0 Å². The summed E-state index contributed by atoms with van der Waals surface area (Å²) in [4.78, 5) is 19.0. The molecule has 0 spiro atoms. The van der Waals surface area contributed by atoms with Gasteiger partial charge in [0.25, 0.3) is 0 Å². The highest BCUT2D eigenvalue weighted by molar-refractivity contribution is 5.84. The van der Waals surface area contributed by atoms with Crippen LogP contribution in [0.1, 0.15) is 18.4 Å². The fourth-order valence-corrected chi connectivity index (χ4v) is 1.69. The molecule has 1 amide bonds. The molecule has 0 radical (unpaired) electrons. The van der Waals surface area contributed by atoms with Gasteiger partial charge in [-0.2, -0.15) is 0 Å². The summed E-state index contributed by atoms with van der Waals surface area (Å²) in [7, 11) is 3.59. The van der Waals surface area contributed by atoms with Gasteiger partial charge in [-0.05, 0) is 24.6 Å². The number of nitrogens with one attached hydrogen (secondary N) is 2. The molecule has 0 saturated heterocycles. The number of carbonyl (C=O) groups excluding carboxylic acids is 1. The van der Waals surface area contributed by atoms with Crippen molar-refractivity contribution >= 4 is 16.9 Å². The number of H-pyrrole nitrogens is 1. The summed E-state index contributed by atoms with van der Waals surface area (Å²) >= 11 is 0. The second kappa shape index (κ2) is 4.55.